The molecule has 1 heterocycles. The van der Waals surface area contributed by atoms with E-state index in [9.17, 15) is 4.79 Å². The zero-order valence-corrected chi connectivity index (χ0v) is 8.22. The summed E-state index contributed by atoms with van der Waals surface area (Å²) in [6.45, 7) is 3.60. The Morgan fingerprint density at radius 1 is 1.62 bits per heavy atom. The van der Waals surface area contributed by atoms with Crippen molar-refractivity contribution in [1.29, 1.82) is 0 Å². The van der Waals surface area contributed by atoms with Gasteiger partial charge >= 0.3 is 0 Å². The molecular formula is C8H10ClN3O. The summed E-state index contributed by atoms with van der Waals surface area (Å²) in [6.07, 6.45) is 1.57. The van der Waals surface area contributed by atoms with E-state index < -0.39 is 0 Å². The van der Waals surface area contributed by atoms with Gasteiger partial charge in [0.05, 0.1) is 17.6 Å². The van der Waals surface area contributed by atoms with E-state index in [0.717, 1.165) is 5.69 Å². The highest BCUT2D eigenvalue weighted by molar-refractivity contribution is 6.29. The Kier molecular flexibility index (Phi) is 3.19. The molecule has 1 amide bonds. The third-order valence-electron chi connectivity index (χ3n) is 1.50. The van der Waals surface area contributed by atoms with Crippen molar-refractivity contribution < 1.29 is 4.79 Å². The molecule has 0 saturated heterocycles. The van der Waals surface area contributed by atoms with Gasteiger partial charge in [0.1, 0.15) is 11.7 Å². The zero-order chi connectivity index (χ0) is 9.84. The lowest BCUT2D eigenvalue weighted by molar-refractivity contribution is -0.113. The van der Waals surface area contributed by atoms with Gasteiger partial charge in [-0.2, -0.15) is 0 Å². The Morgan fingerprint density at radius 3 is 2.85 bits per heavy atom. The molecule has 70 valence electrons. The Labute approximate surface area is 81.3 Å². The molecule has 0 aliphatic rings. The van der Waals surface area contributed by atoms with E-state index in [1.54, 1.807) is 20.0 Å². The van der Waals surface area contributed by atoms with Crippen LogP contribution >= 0.6 is 11.6 Å². The fraction of sp³-hybridized carbons (Fsp3) is 0.375. The summed E-state index contributed by atoms with van der Waals surface area (Å²) >= 11 is 5.33. The summed E-state index contributed by atoms with van der Waals surface area (Å²) in [6, 6.07) is 0. The molecule has 0 fully saturated rings. The maximum Gasteiger partial charge on any atom is 0.239 e. The highest BCUT2D eigenvalue weighted by Gasteiger charge is 2.04. The van der Waals surface area contributed by atoms with Crippen molar-refractivity contribution in [3.05, 3.63) is 17.7 Å². The first kappa shape index (κ1) is 9.92. The molecule has 1 rings (SSSR count). The lowest BCUT2D eigenvalue weighted by Gasteiger charge is -2.05. The number of halogens is 1. The van der Waals surface area contributed by atoms with Crippen molar-refractivity contribution in [3.63, 3.8) is 0 Å². The van der Waals surface area contributed by atoms with Crippen LogP contribution in [0.15, 0.2) is 6.20 Å². The van der Waals surface area contributed by atoms with Crippen molar-refractivity contribution in [3.8, 4) is 0 Å². The average Bonchev–Trinajstić information content (AvgIpc) is 2.09. The minimum atomic E-state index is -0.253. The highest BCUT2D eigenvalue weighted by Crippen LogP contribution is 2.09. The minimum absolute atomic E-state index is 0.0622. The van der Waals surface area contributed by atoms with E-state index in [1.165, 1.54) is 0 Å². The summed E-state index contributed by atoms with van der Waals surface area (Å²) in [5.41, 5.74) is 1.35. The van der Waals surface area contributed by atoms with Crippen LogP contribution < -0.4 is 5.32 Å². The lowest BCUT2D eigenvalue weighted by Crippen LogP contribution is -2.14. The Hall–Kier alpha value is -1.16. The van der Waals surface area contributed by atoms with Gasteiger partial charge < -0.3 is 5.32 Å². The molecule has 1 aromatic rings. The molecule has 0 aliphatic heterocycles. The number of nitrogens with one attached hydrogen (secondary N) is 1. The maximum absolute atomic E-state index is 10.9. The van der Waals surface area contributed by atoms with Gasteiger partial charge in [0.2, 0.25) is 5.91 Å². The molecule has 0 bridgehead atoms. The second-order valence-corrected chi connectivity index (χ2v) is 2.87. The van der Waals surface area contributed by atoms with E-state index in [0.29, 0.717) is 11.5 Å². The largest absolute Gasteiger partial charge is 0.322 e. The van der Waals surface area contributed by atoms with Crippen LogP contribution in [0, 0.1) is 13.8 Å². The van der Waals surface area contributed by atoms with Crippen LogP contribution in [0.3, 0.4) is 0 Å². The fourth-order valence-corrected chi connectivity index (χ4v) is 0.956. The summed E-state index contributed by atoms with van der Waals surface area (Å²) in [5, 5.41) is 2.59. The smallest absolute Gasteiger partial charge is 0.239 e. The standard InChI is InChI=1S/C8H10ClN3O/c1-5-7(12-8(13)3-9)4-10-6(2)11-5/h4H,3H2,1-2H3,(H,12,13). The molecule has 0 atom stereocenters. The van der Waals surface area contributed by atoms with Gasteiger partial charge in [0, 0.05) is 0 Å². The molecule has 0 aromatic carbocycles. The lowest BCUT2D eigenvalue weighted by atomic mass is 10.3. The number of hydrogen-bond acceptors (Lipinski definition) is 3. The highest BCUT2D eigenvalue weighted by atomic mass is 35.5. The van der Waals surface area contributed by atoms with E-state index >= 15 is 0 Å². The van der Waals surface area contributed by atoms with Gasteiger partial charge in [-0.05, 0) is 13.8 Å². The third-order valence-corrected chi connectivity index (χ3v) is 1.74. The molecule has 5 heteroatoms. The van der Waals surface area contributed by atoms with Crippen LogP contribution in [-0.2, 0) is 4.79 Å². The van der Waals surface area contributed by atoms with Crippen LogP contribution in [-0.4, -0.2) is 21.8 Å². The van der Waals surface area contributed by atoms with Crippen LogP contribution in [0.5, 0.6) is 0 Å². The van der Waals surface area contributed by atoms with Crippen molar-refractivity contribution in [1.82, 2.24) is 9.97 Å². The van der Waals surface area contributed by atoms with E-state index in [1.807, 2.05) is 0 Å². The predicted octanol–water partition coefficient (Wildman–Crippen LogP) is 1.27. The quantitative estimate of drug-likeness (QED) is 0.730. The second kappa shape index (κ2) is 4.18. The number of anilines is 1. The van der Waals surface area contributed by atoms with E-state index in [4.69, 9.17) is 11.6 Å². The summed E-state index contributed by atoms with van der Waals surface area (Å²) < 4.78 is 0. The van der Waals surface area contributed by atoms with Gasteiger partial charge in [0.15, 0.2) is 0 Å². The van der Waals surface area contributed by atoms with Crippen LogP contribution in [0.25, 0.3) is 0 Å². The van der Waals surface area contributed by atoms with E-state index in [2.05, 4.69) is 15.3 Å². The van der Waals surface area contributed by atoms with Crippen LogP contribution in [0.4, 0.5) is 5.69 Å². The van der Waals surface area contributed by atoms with Crippen molar-refractivity contribution in [2.24, 2.45) is 0 Å². The Bertz CT molecular complexity index is 327. The monoisotopic (exact) mass is 199 g/mol. The summed E-state index contributed by atoms with van der Waals surface area (Å²) in [4.78, 5) is 19.0. The minimum Gasteiger partial charge on any atom is -0.322 e. The predicted molar refractivity (Wildman–Crippen MR) is 50.9 cm³/mol. The summed E-state index contributed by atoms with van der Waals surface area (Å²) in [5.74, 6) is 0.367. The van der Waals surface area contributed by atoms with Gasteiger partial charge in [-0.15, -0.1) is 11.6 Å². The van der Waals surface area contributed by atoms with Crippen molar-refractivity contribution >= 4 is 23.2 Å². The number of aryl methyl sites for hydroxylation is 2. The van der Waals surface area contributed by atoms with Crippen molar-refractivity contribution in [2.45, 2.75) is 13.8 Å². The molecule has 0 radical (unpaired) electrons. The molecule has 1 N–H and O–H groups in total. The molecular weight excluding hydrogens is 190 g/mol. The number of rotatable bonds is 2. The number of carbonyl (C=O) groups excluding carboxylic acids is 1. The Balaban J connectivity index is 2.83. The van der Waals surface area contributed by atoms with Gasteiger partial charge in [-0.25, -0.2) is 9.97 Å². The first-order valence-corrected chi connectivity index (χ1v) is 4.33. The fourth-order valence-electron chi connectivity index (χ4n) is 0.890. The topological polar surface area (TPSA) is 54.9 Å². The second-order valence-electron chi connectivity index (χ2n) is 2.60. The first-order valence-electron chi connectivity index (χ1n) is 3.79. The average molecular weight is 200 g/mol. The SMILES string of the molecule is Cc1ncc(NC(=O)CCl)c(C)n1. The molecule has 0 unspecified atom stereocenters. The normalized spacial score (nSPS) is 9.77. The van der Waals surface area contributed by atoms with Crippen LogP contribution in [0.2, 0.25) is 0 Å². The molecule has 0 saturated carbocycles. The van der Waals surface area contributed by atoms with Crippen LogP contribution in [0.1, 0.15) is 11.5 Å². The maximum atomic E-state index is 10.9. The number of alkyl halides is 1. The van der Waals surface area contributed by atoms with Gasteiger partial charge in [-0.1, -0.05) is 0 Å². The number of carbonyl (C=O) groups is 1. The molecule has 0 spiro atoms. The summed E-state index contributed by atoms with van der Waals surface area (Å²) in [7, 11) is 0. The van der Waals surface area contributed by atoms with Gasteiger partial charge in [0.25, 0.3) is 0 Å². The number of amides is 1. The number of hydrogen-bond donors (Lipinski definition) is 1. The number of nitrogens with zero attached hydrogens (tertiary/aromatic N) is 2. The molecule has 4 nitrogen and oxygen atoms in total. The molecule has 13 heavy (non-hydrogen) atoms. The number of aromatic nitrogens is 2. The molecule has 0 aliphatic carbocycles. The van der Waals surface area contributed by atoms with E-state index in [-0.39, 0.29) is 11.8 Å². The first-order chi connectivity index (χ1) is 6.13. The molecule has 1 aromatic heterocycles. The Morgan fingerprint density at radius 2 is 2.31 bits per heavy atom. The van der Waals surface area contributed by atoms with Gasteiger partial charge in [-0.3, -0.25) is 4.79 Å². The third kappa shape index (κ3) is 2.66. The van der Waals surface area contributed by atoms with Crippen molar-refractivity contribution in [2.75, 3.05) is 11.2 Å². The zero-order valence-electron chi connectivity index (χ0n) is 7.47.